The topological polar surface area (TPSA) is 55.6 Å². The van der Waals surface area contributed by atoms with E-state index < -0.39 is 0 Å². The molecule has 2 rings (SSSR count). The monoisotopic (exact) mass is 287 g/mol. The van der Waals surface area contributed by atoms with E-state index in [1.165, 1.54) is 0 Å². The van der Waals surface area contributed by atoms with E-state index in [2.05, 4.69) is 47.2 Å². The van der Waals surface area contributed by atoms with E-state index in [0.717, 1.165) is 42.3 Å². The summed E-state index contributed by atoms with van der Waals surface area (Å²) in [6.45, 7) is 11.4. The maximum atomic E-state index is 4.68. The van der Waals surface area contributed by atoms with Crippen molar-refractivity contribution in [1.82, 2.24) is 19.7 Å². The summed E-state index contributed by atoms with van der Waals surface area (Å²) in [6, 6.07) is 4.08. The first-order valence-electron chi connectivity index (χ1n) is 7.65. The Morgan fingerprint density at radius 1 is 1.14 bits per heavy atom. The maximum Gasteiger partial charge on any atom is 0.252 e. The Balaban J connectivity index is 2.41. The summed E-state index contributed by atoms with van der Waals surface area (Å²) in [5.74, 6) is 2.19. The van der Waals surface area contributed by atoms with Crippen molar-refractivity contribution < 1.29 is 0 Å². The molecule has 0 saturated heterocycles. The van der Waals surface area contributed by atoms with Crippen molar-refractivity contribution in [2.24, 2.45) is 5.92 Å². The van der Waals surface area contributed by atoms with E-state index in [0.29, 0.717) is 11.9 Å². The van der Waals surface area contributed by atoms with Crippen LogP contribution < -0.4 is 5.32 Å². The Kier molecular flexibility index (Phi) is 4.94. The molecule has 0 saturated carbocycles. The zero-order chi connectivity index (χ0) is 15.4. The van der Waals surface area contributed by atoms with Gasteiger partial charge in [0, 0.05) is 24.0 Å². The molecule has 0 aliphatic rings. The predicted octanol–water partition coefficient (Wildman–Crippen LogP) is 3.30. The van der Waals surface area contributed by atoms with Gasteiger partial charge in [0.05, 0.1) is 5.69 Å². The molecule has 5 heteroatoms. The second kappa shape index (κ2) is 6.70. The molecule has 0 aromatic carbocycles. The fraction of sp³-hybridized carbons (Fsp3) is 0.562. The Hall–Kier alpha value is -1.91. The Labute approximate surface area is 126 Å². The lowest BCUT2D eigenvalue weighted by Gasteiger charge is -2.08. The first-order chi connectivity index (χ1) is 9.99. The summed E-state index contributed by atoms with van der Waals surface area (Å²) in [7, 11) is 0. The minimum atomic E-state index is 0.576. The second-order valence-corrected chi connectivity index (χ2v) is 5.91. The maximum absolute atomic E-state index is 4.68. The van der Waals surface area contributed by atoms with Crippen molar-refractivity contribution in [2.45, 2.75) is 47.5 Å². The molecular formula is C16H25N5. The fourth-order valence-corrected chi connectivity index (χ4v) is 2.28. The van der Waals surface area contributed by atoms with Gasteiger partial charge in [-0.25, -0.2) is 9.97 Å². The highest BCUT2D eigenvalue weighted by Crippen LogP contribution is 2.18. The predicted molar refractivity (Wildman–Crippen MR) is 86.0 cm³/mol. The zero-order valence-corrected chi connectivity index (χ0v) is 13.6. The van der Waals surface area contributed by atoms with E-state index in [1.54, 1.807) is 0 Å². The number of aromatic nitrogens is 4. The Morgan fingerprint density at radius 3 is 2.38 bits per heavy atom. The minimum Gasteiger partial charge on any atom is -0.370 e. The van der Waals surface area contributed by atoms with Crippen LogP contribution in [0.1, 0.15) is 44.3 Å². The first kappa shape index (κ1) is 15.5. The van der Waals surface area contributed by atoms with E-state index >= 15 is 0 Å². The van der Waals surface area contributed by atoms with Crippen LogP contribution in [0.5, 0.6) is 0 Å². The lowest BCUT2D eigenvalue weighted by molar-refractivity contribution is 0.625. The third-order valence-corrected chi connectivity index (χ3v) is 3.09. The molecule has 2 heterocycles. The number of aryl methyl sites for hydroxylation is 2. The van der Waals surface area contributed by atoms with Gasteiger partial charge >= 0.3 is 0 Å². The number of nitrogens with zero attached hydrogens (tertiary/aromatic N) is 4. The van der Waals surface area contributed by atoms with Crippen molar-refractivity contribution in [1.29, 1.82) is 0 Å². The van der Waals surface area contributed by atoms with Gasteiger partial charge < -0.3 is 5.32 Å². The van der Waals surface area contributed by atoms with Crippen molar-refractivity contribution in [3.63, 3.8) is 0 Å². The molecule has 0 atom stereocenters. The lowest BCUT2D eigenvalue weighted by atomic mass is 10.1. The smallest absolute Gasteiger partial charge is 0.252 e. The molecule has 0 fully saturated rings. The van der Waals surface area contributed by atoms with Crippen LogP contribution in [-0.2, 0) is 6.42 Å². The third kappa shape index (κ3) is 4.03. The SMILES string of the molecule is CCCNc1cc(CC(C)C)nn1-c1nc(C)cc(C)n1. The normalized spacial score (nSPS) is 11.1. The number of rotatable bonds is 6. The molecule has 0 bridgehead atoms. The van der Waals surface area contributed by atoms with Crippen LogP contribution in [-0.4, -0.2) is 26.3 Å². The zero-order valence-electron chi connectivity index (χ0n) is 13.6. The Bertz CT molecular complexity index is 580. The van der Waals surface area contributed by atoms with Crippen LogP contribution in [0, 0.1) is 19.8 Å². The van der Waals surface area contributed by atoms with E-state index in [4.69, 9.17) is 0 Å². The van der Waals surface area contributed by atoms with E-state index in [-0.39, 0.29) is 0 Å². The summed E-state index contributed by atoms with van der Waals surface area (Å²) in [6.07, 6.45) is 2.02. The molecule has 21 heavy (non-hydrogen) atoms. The van der Waals surface area contributed by atoms with Crippen LogP contribution in [0.2, 0.25) is 0 Å². The highest BCUT2D eigenvalue weighted by molar-refractivity contribution is 5.42. The van der Waals surface area contributed by atoms with Gasteiger partial charge in [0.1, 0.15) is 5.82 Å². The van der Waals surface area contributed by atoms with Crippen LogP contribution in [0.15, 0.2) is 12.1 Å². The molecule has 2 aromatic rings. The minimum absolute atomic E-state index is 0.576. The molecule has 0 aliphatic carbocycles. The van der Waals surface area contributed by atoms with Crippen molar-refractivity contribution in [2.75, 3.05) is 11.9 Å². The van der Waals surface area contributed by atoms with E-state index in [1.807, 2.05) is 24.6 Å². The van der Waals surface area contributed by atoms with Gasteiger partial charge in [0.25, 0.3) is 5.95 Å². The molecular weight excluding hydrogens is 262 g/mol. The fourth-order valence-electron chi connectivity index (χ4n) is 2.28. The highest BCUT2D eigenvalue weighted by atomic mass is 15.4. The van der Waals surface area contributed by atoms with Gasteiger partial charge in [-0.1, -0.05) is 20.8 Å². The van der Waals surface area contributed by atoms with Crippen molar-refractivity contribution in [3.8, 4) is 5.95 Å². The van der Waals surface area contributed by atoms with Gasteiger partial charge in [-0.15, -0.1) is 0 Å². The van der Waals surface area contributed by atoms with Crippen molar-refractivity contribution >= 4 is 5.82 Å². The number of hydrogen-bond donors (Lipinski definition) is 1. The third-order valence-electron chi connectivity index (χ3n) is 3.09. The molecule has 0 aliphatic heterocycles. The largest absolute Gasteiger partial charge is 0.370 e. The highest BCUT2D eigenvalue weighted by Gasteiger charge is 2.13. The number of hydrogen-bond acceptors (Lipinski definition) is 4. The van der Waals surface area contributed by atoms with Crippen LogP contribution in [0.4, 0.5) is 5.82 Å². The molecule has 0 unspecified atom stereocenters. The lowest BCUT2D eigenvalue weighted by Crippen LogP contribution is -2.11. The van der Waals surface area contributed by atoms with Crippen LogP contribution in [0.25, 0.3) is 5.95 Å². The molecule has 1 N–H and O–H groups in total. The molecule has 0 radical (unpaired) electrons. The number of anilines is 1. The van der Waals surface area contributed by atoms with Gasteiger partial charge in [-0.3, -0.25) is 0 Å². The summed E-state index contributed by atoms with van der Waals surface area (Å²) >= 11 is 0. The molecule has 2 aromatic heterocycles. The van der Waals surface area contributed by atoms with Gasteiger partial charge in [-0.2, -0.15) is 9.78 Å². The summed E-state index contributed by atoms with van der Waals surface area (Å²) in [5.41, 5.74) is 2.99. The average molecular weight is 287 g/mol. The second-order valence-electron chi connectivity index (χ2n) is 5.91. The molecule has 0 amide bonds. The average Bonchev–Trinajstić information content (AvgIpc) is 2.77. The summed E-state index contributed by atoms with van der Waals surface area (Å²) < 4.78 is 1.83. The standard InChI is InChI=1S/C16H25N5/c1-6-7-17-15-10-14(8-11(2)3)20-21(15)16-18-12(4)9-13(5)19-16/h9-11,17H,6-8H2,1-5H3. The molecule has 114 valence electrons. The number of nitrogens with one attached hydrogen (secondary N) is 1. The van der Waals surface area contributed by atoms with E-state index in [9.17, 15) is 0 Å². The first-order valence-corrected chi connectivity index (χ1v) is 7.65. The van der Waals surface area contributed by atoms with Crippen LogP contribution >= 0.6 is 0 Å². The van der Waals surface area contributed by atoms with Gasteiger partial charge in [-0.05, 0) is 38.7 Å². The summed E-state index contributed by atoms with van der Waals surface area (Å²) in [5, 5.41) is 8.10. The quantitative estimate of drug-likeness (QED) is 0.885. The van der Waals surface area contributed by atoms with Crippen molar-refractivity contribution in [3.05, 3.63) is 29.2 Å². The molecule has 0 spiro atoms. The summed E-state index contributed by atoms with van der Waals surface area (Å²) in [4.78, 5) is 9.03. The van der Waals surface area contributed by atoms with Crippen LogP contribution in [0.3, 0.4) is 0 Å². The Morgan fingerprint density at radius 2 is 1.81 bits per heavy atom. The van der Waals surface area contributed by atoms with Gasteiger partial charge in [0.15, 0.2) is 0 Å². The van der Waals surface area contributed by atoms with Gasteiger partial charge in [0.2, 0.25) is 0 Å². The molecule has 5 nitrogen and oxygen atoms in total.